The van der Waals surface area contributed by atoms with Crippen LogP contribution in [0.5, 0.6) is 17.2 Å². The van der Waals surface area contributed by atoms with E-state index in [4.69, 9.17) is 18.6 Å². The molecule has 0 unspecified atom stereocenters. The first-order chi connectivity index (χ1) is 20.4. The lowest BCUT2D eigenvalue weighted by Crippen LogP contribution is -2.14. The molecule has 0 aliphatic carbocycles. The van der Waals surface area contributed by atoms with Crippen molar-refractivity contribution in [2.24, 2.45) is 0 Å². The molecular formula is C36H46O6. The first kappa shape index (κ1) is 32.7. The number of allylic oxidation sites excluding steroid dienone is 3. The maximum absolute atomic E-state index is 13.1. The summed E-state index contributed by atoms with van der Waals surface area (Å²) >= 11 is 0. The summed E-state index contributed by atoms with van der Waals surface area (Å²) in [7, 11) is 0. The molecule has 0 N–H and O–H groups in total. The van der Waals surface area contributed by atoms with Gasteiger partial charge in [0.15, 0.2) is 5.75 Å². The molecular weight excluding hydrogens is 528 g/mol. The van der Waals surface area contributed by atoms with Crippen molar-refractivity contribution in [1.29, 1.82) is 0 Å². The summed E-state index contributed by atoms with van der Waals surface area (Å²) in [6.07, 6.45) is 15.7. The van der Waals surface area contributed by atoms with E-state index in [0.717, 1.165) is 31.3 Å². The lowest BCUT2D eigenvalue weighted by atomic mass is 10.1. The Morgan fingerprint density at radius 2 is 1.55 bits per heavy atom. The maximum atomic E-state index is 13.1. The summed E-state index contributed by atoms with van der Waals surface area (Å²) in [5, 5.41) is 0.456. The highest BCUT2D eigenvalue weighted by Crippen LogP contribution is 2.35. The number of benzene rings is 2. The molecule has 0 fully saturated rings. The Morgan fingerprint density at radius 1 is 0.833 bits per heavy atom. The van der Waals surface area contributed by atoms with Gasteiger partial charge < -0.3 is 18.6 Å². The number of carbonyl (C=O) groups is 1. The average Bonchev–Trinajstić information content (AvgIpc) is 2.97. The van der Waals surface area contributed by atoms with E-state index in [9.17, 15) is 9.59 Å². The average molecular weight is 575 g/mol. The third-order valence-corrected chi connectivity index (χ3v) is 7.01. The number of hydrogen-bond donors (Lipinski definition) is 0. The number of ether oxygens (including phenoxy) is 3. The zero-order valence-electron chi connectivity index (χ0n) is 25.7. The smallest absolute Gasteiger partial charge is 0.383 e. The van der Waals surface area contributed by atoms with Crippen LogP contribution in [0.3, 0.4) is 0 Å². The molecule has 42 heavy (non-hydrogen) atoms. The van der Waals surface area contributed by atoms with Crippen LogP contribution in [0.4, 0.5) is 0 Å². The summed E-state index contributed by atoms with van der Waals surface area (Å²) in [6, 6.07) is 13.8. The van der Waals surface area contributed by atoms with Crippen LogP contribution in [0.1, 0.15) is 102 Å². The summed E-state index contributed by atoms with van der Waals surface area (Å²) in [5.41, 5.74) is 2.34. The number of fused-ring (bicyclic) bond motifs is 1. The first-order valence-corrected chi connectivity index (χ1v) is 15.3. The summed E-state index contributed by atoms with van der Waals surface area (Å²) in [6.45, 7) is 9.14. The number of hydrogen-bond acceptors (Lipinski definition) is 6. The largest absolute Gasteiger partial charge is 0.493 e. The summed E-state index contributed by atoms with van der Waals surface area (Å²) in [5.74, 6) is -0.0820. The molecule has 0 radical (unpaired) electrons. The molecule has 3 rings (SSSR count). The molecule has 0 atom stereocenters. The van der Waals surface area contributed by atoms with Gasteiger partial charge in [0.05, 0.1) is 17.6 Å². The molecule has 0 saturated carbocycles. The lowest BCUT2D eigenvalue weighted by Gasteiger charge is -2.13. The van der Waals surface area contributed by atoms with Gasteiger partial charge in [0.2, 0.25) is 5.75 Å². The number of esters is 1. The van der Waals surface area contributed by atoms with E-state index in [2.05, 4.69) is 26.8 Å². The Morgan fingerprint density at radius 3 is 2.26 bits per heavy atom. The van der Waals surface area contributed by atoms with Gasteiger partial charge in [-0.15, -0.1) is 0 Å². The standard InChI is InChI=1S/C36H46O6/c1-5-6-7-8-9-10-11-15-24-39-30-21-22-31-32(26-30)41-36(38)34(40-25-23-28(4)18-16-17-27(2)3)33(31)42-35(37)29-19-13-12-14-20-29/h12-14,17,19-23,26H,5-11,15-16,18,24-25H2,1-4H3/b28-23+. The Kier molecular flexibility index (Phi) is 13.9. The van der Waals surface area contributed by atoms with Gasteiger partial charge in [-0.1, -0.05) is 87.3 Å². The molecule has 0 saturated heterocycles. The molecule has 0 aliphatic heterocycles. The van der Waals surface area contributed by atoms with E-state index < -0.39 is 11.6 Å². The van der Waals surface area contributed by atoms with Crippen molar-refractivity contribution in [3.8, 4) is 17.2 Å². The quantitative estimate of drug-likeness (QED) is 0.0652. The zero-order valence-corrected chi connectivity index (χ0v) is 25.7. The van der Waals surface area contributed by atoms with E-state index in [1.807, 2.05) is 19.1 Å². The van der Waals surface area contributed by atoms with Crippen molar-refractivity contribution in [3.05, 3.63) is 87.8 Å². The Bertz CT molecular complexity index is 1380. The van der Waals surface area contributed by atoms with Crippen LogP contribution in [0.15, 0.2) is 81.0 Å². The lowest BCUT2D eigenvalue weighted by molar-refractivity contribution is 0.0730. The van der Waals surface area contributed by atoms with Gasteiger partial charge in [-0.25, -0.2) is 9.59 Å². The molecule has 1 heterocycles. The van der Waals surface area contributed by atoms with Gasteiger partial charge in [-0.05, 0) is 70.4 Å². The van der Waals surface area contributed by atoms with E-state index in [-0.39, 0.29) is 23.7 Å². The minimum atomic E-state index is -0.714. The fraction of sp³-hybridized carbons (Fsp3) is 0.444. The van der Waals surface area contributed by atoms with E-state index in [0.29, 0.717) is 23.3 Å². The molecule has 6 heteroatoms. The maximum Gasteiger partial charge on any atom is 0.383 e. The number of unbranched alkanes of at least 4 members (excludes halogenated alkanes) is 7. The minimum Gasteiger partial charge on any atom is -0.493 e. The second-order valence-electron chi connectivity index (χ2n) is 11.0. The molecule has 1 aromatic heterocycles. The highest BCUT2D eigenvalue weighted by Gasteiger charge is 2.22. The Hall–Kier alpha value is -3.80. The van der Waals surface area contributed by atoms with Gasteiger partial charge >= 0.3 is 11.6 Å². The van der Waals surface area contributed by atoms with E-state index in [1.165, 1.54) is 44.1 Å². The van der Waals surface area contributed by atoms with Crippen molar-refractivity contribution >= 4 is 16.9 Å². The molecule has 6 nitrogen and oxygen atoms in total. The van der Waals surface area contributed by atoms with Gasteiger partial charge in [0.25, 0.3) is 0 Å². The molecule has 2 aromatic carbocycles. The van der Waals surface area contributed by atoms with E-state index in [1.54, 1.807) is 42.5 Å². The van der Waals surface area contributed by atoms with Crippen LogP contribution in [0.25, 0.3) is 11.0 Å². The van der Waals surface area contributed by atoms with Crippen LogP contribution in [0.2, 0.25) is 0 Å². The van der Waals surface area contributed by atoms with Gasteiger partial charge in [-0.3, -0.25) is 0 Å². The SMILES string of the molecule is CCCCCCCCCCOc1ccc2c(OC(=O)c3ccccc3)c(OC/C=C(\C)CCC=C(C)C)c(=O)oc2c1. The normalized spacial score (nSPS) is 11.4. The van der Waals surface area contributed by atoms with Crippen LogP contribution >= 0.6 is 0 Å². The van der Waals surface area contributed by atoms with Crippen molar-refractivity contribution in [3.63, 3.8) is 0 Å². The fourth-order valence-corrected chi connectivity index (χ4v) is 4.56. The molecule has 226 valence electrons. The highest BCUT2D eigenvalue weighted by molar-refractivity contribution is 5.95. The van der Waals surface area contributed by atoms with Gasteiger partial charge in [-0.2, -0.15) is 0 Å². The van der Waals surface area contributed by atoms with Gasteiger partial charge in [0.1, 0.15) is 17.9 Å². The van der Waals surface area contributed by atoms with Crippen molar-refractivity contribution in [2.75, 3.05) is 13.2 Å². The van der Waals surface area contributed by atoms with Crippen molar-refractivity contribution < 1.29 is 23.4 Å². The zero-order chi connectivity index (χ0) is 30.2. The Balaban J connectivity index is 1.74. The molecule has 0 bridgehead atoms. The predicted octanol–water partition coefficient (Wildman–Crippen LogP) is 9.60. The third kappa shape index (κ3) is 10.9. The number of carbonyl (C=O) groups excluding carboxylic acids is 1. The minimum absolute atomic E-state index is 0.0420. The fourth-order valence-electron chi connectivity index (χ4n) is 4.56. The topological polar surface area (TPSA) is 75.0 Å². The van der Waals surface area contributed by atoms with Crippen LogP contribution in [-0.2, 0) is 0 Å². The molecule has 0 amide bonds. The van der Waals surface area contributed by atoms with Crippen molar-refractivity contribution in [2.45, 2.75) is 91.9 Å². The van der Waals surface area contributed by atoms with Crippen molar-refractivity contribution in [1.82, 2.24) is 0 Å². The third-order valence-electron chi connectivity index (χ3n) is 7.01. The second-order valence-corrected chi connectivity index (χ2v) is 11.0. The predicted molar refractivity (Wildman–Crippen MR) is 170 cm³/mol. The van der Waals surface area contributed by atoms with Crippen LogP contribution in [-0.4, -0.2) is 19.2 Å². The molecule has 3 aromatic rings. The molecule has 0 aliphatic rings. The highest BCUT2D eigenvalue weighted by atomic mass is 16.6. The number of rotatable bonds is 18. The Labute approximate surface area is 250 Å². The van der Waals surface area contributed by atoms with Gasteiger partial charge in [0, 0.05) is 6.07 Å². The van der Waals surface area contributed by atoms with Crippen LogP contribution < -0.4 is 19.8 Å². The van der Waals surface area contributed by atoms with Crippen LogP contribution in [0, 0.1) is 0 Å². The first-order valence-electron chi connectivity index (χ1n) is 15.3. The second kappa shape index (κ2) is 17.9. The monoisotopic (exact) mass is 574 g/mol. The van der Waals surface area contributed by atoms with E-state index >= 15 is 0 Å². The summed E-state index contributed by atoms with van der Waals surface area (Å²) < 4.78 is 23.2. The molecule has 0 spiro atoms. The summed E-state index contributed by atoms with van der Waals surface area (Å²) in [4.78, 5) is 26.1.